The van der Waals surface area contributed by atoms with Gasteiger partial charge in [0.1, 0.15) is 5.75 Å². The fraction of sp³-hybridized carbons (Fsp3) is 0.650. The molecule has 1 rings (SSSR count). The number of methoxy groups -OCH3 is 1. The second-order valence-corrected chi connectivity index (χ2v) is 8.03. The van der Waals surface area contributed by atoms with Crippen LogP contribution in [0.5, 0.6) is 5.75 Å². The smallest absolute Gasteiger partial charge is 0.188 e. The number of ether oxygens (including phenoxy) is 2. The van der Waals surface area contributed by atoms with Crippen molar-refractivity contribution in [2.75, 3.05) is 13.9 Å². The van der Waals surface area contributed by atoms with Crippen LogP contribution in [-0.2, 0) is 22.0 Å². The summed E-state index contributed by atoms with van der Waals surface area (Å²) in [6.07, 6.45) is 3.16. The summed E-state index contributed by atoms with van der Waals surface area (Å²) in [5.74, 6) is 0.986. The Kier molecular flexibility index (Phi) is 6.49. The Hall–Kier alpha value is -1.02. The first kappa shape index (κ1) is 19.0. The van der Waals surface area contributed by atoms with Gasteiger partial charge in [-0.3, -0.25) is 0 Å². The Morgan fingerprint density at radius 3 is 1.82 bits per heavy atom. The van der Waals surface area contributed by atoms with E-state index in [-0.39, 0.29) is 17.6 Å². The van der Waals surface area contributed by atoms with Crippen molar-refractivity contribution in [1.82, 2.24) is 0 Å². The lowest BCUT2D eigenvalue weighted by atomic mass is 9.78. The van der Waals surface area contributed by atoms with Gasteiger partial charge in [-0.05, 0) is 29.2 Å². The van der Waals surface area contributed by atoms with Gasteiger partial charge in [0.05, 0.1) is 0 Å². The standard InChI is InChI=1S/C20H33O2/c1-9-10-11-15-12-16(19(2,3)4)18(22-14-21-8)17(13-15)20(5,6)7/h12-13H,1,9-11,14H2,2-8H3. The number of rotatable bonds is 6. The van der Waals surface area contributed by atoms with E-state index in [1.54, 1.807) is 7.11 Å². The Bertz CT molecular complexity index is 440. The maximum absolute atomic E-state index is 6.00. The van der Waals surface area contributed by atoms with E-state index in [1.165, 1.54) is 16.7 Å². The summed E-state index contributed by atoms with van der Waals surface area (Å²) in [6.45, 7) is 17.7. The van der Waals surface area contributed by atoms with Gasteiger partial charge >= 0.3 is 0 Å². The van der Waals surface area contributed by atoms with Gasteiger partial charge in [-0.15, -0.1) is 0 Å². The van der Waals surface area contributed by atoms with Crippen LogP contribution in [0.25, 0.3) is 0 Å². The van der Waals surface area contributed by atoms with E-state index < -0.39 is 0 Å². The topological polar surface area (TPSA) is 18.5 Å². The van der Waals surface area contributed by atoms with Crippen LogP contribution in [0.2, 0.25) is 0 Å². The average Bonchev–Trinajstić information content (AvgIpc) is 2.40. The van der Waals surface area contributed by atoms with E-state index in [4.69, 9.17) is 9.47 Å². The highest BCUT2D eigenvalue weighted by atomic mass is 16.7. The summed E-state index contributed by atoms with van der Waals surface area (Å²) < 4.78 is 11.1. The monoisotopic (exact) mass is 305 g/mol. The normalized spacial score (nSPS) is 12.5. The van der Waals surface area contributed by atoms with Gasteiger partial charge in [-0.25, -0.2) is 0 Å². The van der Waals surface area contributed by atoms with Gasteiger partial charge < -0.3 is 9.47 Å². The van der Waals surface area contributed by atoms with Crippen molar-refractivity contribution in [2.45, 2.75) is 71.6 Å². The average molecular weight is 305 g/mol. The highest BCUT2D eigenvalue weighted by Crippen LogP contribution is 2.41. The number of aryl methyl sites for hydroxylation is 1. The van der Waals surface area contributed by atoms with Crippen molar-refractivity contribution in [2.24, 2.45) is 0 Å². The fourth-order valence-electron chi connectivity index (χ4n) is 2.55. The number of unbranched alkanes of at least 4 members (excludes halogenated alkanes) is 1. The Labute approximate surface area is 137 Å². The maximum Gasteiger partial charge on any atom is 0.188 e. The second-order valence-electron chi connectivity index (χ2n) is 8.03. The molecule has 0 aliphatic rings. The van der Waals surface area contributed by atoms with E-state index in [0.717, 1.165) is 25.0 Å². The summed E-state index contributed by atoms with van der Waals surface area (Å²) in [5, 5.41) is 0. The van der Waals surface area contributed by atoms with Crippen molar-refractivity contribution < 1.29 is 9.47 Å². The molecular weight excluding hydrogens is 272 g/mol. The molecule has 125 valence electrons. The molecule has 1 aromatic carbocycles. The van der Waals surface area contributed by atoms with Gasteiger partial charge in [0.15, 0.2) is 6.79 Å². The van der Waals surface area contributed by atoms with Gasteiger partial charge in [0.2, 0.25) is 0 Å². The molecule has 0 bridgehead atoms. The first-order valence-corrected chi connectivity index (χ1v) is 8.20. The van der Waals surface area contributed by atoms with Crippen LogP contribution in [-0.4, -0.2) is 13.9 Å². The van der Waals surface area contributed by atoms with E-state index in [9.17, 15) is 0 Å². The van der Waals surface area contributed by atoms with Gasteiger partial charge in [-0.1, -0.05) is 67.0 Å². The minimum Gasteiger partial charge on any atom is -0.467 e. The summed E-state index contributed by atoms with van der Waals surface area (Å²) >= 11 is 0. The summed E-state index contributed by atoms with van der Waals surface area (Å²) in [4.78, 5) is 0. The molecule has 1 radical (unpaired) electrons. The molecule has 0 saturated carbocycles. The zero-order valence-electron chi connectivity index (χ0n) is 15.5. The van der Waals surface area contributed by atoms with Crippen LogP contribution in [0.15, 0.2) is 12.1 Å². The van der Waals surface area contributed by atoms with E-state index in [1.807, 2.05) is 0 Å². The molecule has 2 heteroatoms. The summed E-state index contributed by atoms with van der Waals surface area (Å²) in [5.41, 5.74) is 3.96. The zero-order valence-corrected chi connectivity index (χ0v) is 15.5. The van der Waals surface area contributed by atoms with Crippen LogP contribution in [0.3, 0.4) is 0 Å². The van der Waals surface area contributed by atoms with E-state index >= 15 is 0 Å². The Morgan fingerprint density at radius 1 is 0.955 bits per heavy atom. The molecule has 0 N–H and O–H groups in total. The van der Waals surface area contributed by atoms with Gasteiger partial charge in [0.25, 0.3) is 0 Å². The van der Waals surface area contributed by atoms with Crippen molar-refractivity contribution in [3.05, 3.63) is 35.7 Å². The summed E-state index contributed by atoms with van der Waals surface area (Å²) in [7, 11) is 1.66. The predicted molar refractivity (Wildman–Crippen MR) is 94.6 cm³/mol. The molecule has 1 aromatic rings. The lowest BCUT2D eigenvalue weighted by Crippen LogP contribution is -2.21. The van der Waals surface area contributed by atoms with Gasteiger partial charge in [-0.2, -0.15) is 0 Å². The van der Waals surface area contributed by atoms with Crippen LogP contribution in [0.4, 0.5) is 0 Å². The molecule has 22 heavy (non-hydrogen) atoms. The largest absolute Gasteiger partial charge is 0.467 e. The molecule has 0 heterocycles. The maximum atomic E-state index is 6.00. The van der Waals surface area contributed by atoms with Crippen molar-refractivity contribution in [1.29, 1.82) is 0 Å². The first-order valence-electron chi connectivity index (χ1n) is 8.20. The highest BCUT2D eigenvalue weighted by molar-refractivity contribution is 5.51. The third kappa shape index (κ3) is 5.01. The minimum atomic E-state index is 0.0313. The SMILES string of the molecule is [CH2]CCCc1cc(C(C)(C)C)c(OCOC)c(C(C)(C)C)c1. The number of benzene rings is 1. The fourth-order valence-corrected chi connectivity index (χ4v) is 2.55. The van der Waals surface area contributed by atoms with Gasteiger partial charge in [0, 0.05) is 18.2 Å². The quantitative estimate of drug-likeness (QED) is 0.653. The third-order valence-electron chi connectivity index (χ3n) is 3.80. The lowest BCUT2D eigenvalue weighted by Gasteiger charge is -2.30. The van der Waals surface area contributed by atoms with Crippen molar-refractivity contribution >= 4 is 0 Å². The predicted octanol–water partition coefficient (Wildman–Crippen LogP) is 5.42. The molecule has 0 spiro atoms. The van der Waals surface area contributed by atoms with E-state index in [0.29, 0.717) is 0 Å². The molecule has 0 saturated heterocycles. The molecule has 2 nitrogen and oxygen atoms in total. The van der Waals surface area contributed by atoms with E-state index in [2.05, 4.69) is 60.6 Å². The summed E-state index contributed by atoms with van der Waals surface area (Å²) in [6, 6.07) is 4.60. The van der Waals surface area contributed by atoms with Crippen LogP contribution >= 0.6 is 0 Å². The Morgan fingerprint density at radius 2 is 1.45 bits per heavy atom. The van der Waals surface area contributed by atoms with Crippen LogP contribution in [0.1, 0.15) is 71.1 Å². The van der Waals surface area contributed by atoms with Crippen LogP contribution < -0.4 is 4.74 Å². The number of hydrogen-bond donors (Lipinski definition) is 0. The molecule has 0 aliphatic heterocycles. The zero-order chi connectivity index (χ0) is 17.0. The molecular formula is C20H33O2. The molecule has 0 aliphatic carbocycles. The number of hydrogen-bond acceptors (Lipinski definition) is 2. The molecule has 0 fully saturated rings. The minimum absolute atomic E-state index is 0.0313. The van der Waals surface area contributed by atoms with Crippen molar-refractivity contribution in [3.63, 3.8) is 0 Å². The third-order valence-corrected chi connectivity index (χ3v) is 3.80. The molecule has 0 unspecified atom stereocenters. The molecule has 0 amide bonds. The van der Waals surface area contributed by atoms with Crippen molar-refractivity contribution in [3.8, 4) is 5.75 Å². The second kappa shape index (κ2) is 7.50. The molecule has 0 aromatic heterocycles. The first-order chi connectivity index (χ1) is 10.1. The lowest BCUT2D eigenvalue weighted by molar-refractivity contribution is 0.0484. The highest BCUT2D eigenvalue weighted by Gasteiger charge is 2.27. The molecule has 0 atom stereocenters. The van der Waals surface area contributed by atoms with Crippen LogP contribution in [0, 0.1) is 6.92 Å². The Balaban J connectivity index is 3.47.